The van der Waals surface area contributed by atoms with E-state index in [1.54, 1.807) is 0 Å². The minimum absolute atomic E-state index is 0.103. The first-order valence-corrected chi connectivity index (χ1v) is 8.03. The third kappa shape index (κ3) is 3.11. The van der Waals surface area contributed by atoms with Crippen molar-refractivity contribution in [2.24, 2.45) is 5.73 Å². The molecule has 0 amide bonds. The van der Waals surface area contributed by atoms with Gasteiger partial charge in [0, 0.05) is 38.4 Å². The lowest BCUT2D eigenvalue weighted by molar-refractivity contribution is 0.187. The van der Waals surface area contributed by atoms with Gasteiger partial charge in [-0.2, -0.15) is 0 Å². The molecule has 2 aromatic rings. The number of hydrogen-bond donors (Lipinski definition) is 2. The van der Waals surface area contributed by atoms with Gasteiger partial charge in [0.2, 0.25) is 0 Å². The fourth-order valence-corrected chi connectivity index (χ4v) is 3.38. The summed E-state index contributed by atoms with van der Waals surface area (Å²) in [4.78, 5) is 12.3. The van der Waals surface area contributed by atoms with Crippen molar-refractivity contribution in [3.05, 3.63) is 47.0 Å². The average Bonchev–Trinajstić information content (AvgIpc) is 2.88. The highest BCUT2D eigenvalue weighted by molar-refractivity contribution is 6.30. The van der Waals surface area contributed by atoms with Gasteiger partial charge in [-0.05, 0) is 19.1 Å². The number of aromatic nitrogens is 2. The number of aromatic amines is 1. The SMILES string of the molecule is Cc1nc(Cl)c(C(CN)N2CCN(c3ccccc3)CC2)[nH]1. The van der Waals surface area contributed by atoms with Crippen LogP contribution in [0, 0.1) is 6.92 Å². The zero-order chi connectivity index (χ0) is 15.5. The number of nitrogens with zero attached hydrogens (tertiary/aromatic N) is 3. The minimum atomic E-state index is 0.103. The minimum Gasteiger partial charge on any atom is -0.369 e. The third-order valence-electron chi connectivity index (χ3n) is 4.24. The van der Waals surface area contributed by atoms with Gasteiger partial charge in [0.05, 0.1) is 11.7 Å². The van der Waals surface area contributed by atoms with Crippen LogP contribution in [0.3, 0.4) is 0 Å². The molecule has 3 N–H and O–H groups in total. The Morgan fingerprint density at radius 2 is 1.91 bits per heavy atom. The van der Waals surface area contributed by atoms with E-state index in [4.69, 9.17) is 17.3 Å². The molecule has 0 aliphatic carbocycles. The van der Waals surface area contributed by atoms with Crippen LogP contribution in [0.15, 0.2) is 30.3 Å². The number of rotatable bonds is 4. The third-order valence-corrected chi connectivity index (χ3v) is 4.52. The average molecular weight is 320 g/mol. The molecule has 2 heterocycles. The largest absolute Gasteiger partial charge is 0.369 e. The number of nitrogens with two attached hydrogens (primary N) is 1. The second-order valence-electron chi connectivity index (χ2n) is 5.64. The molecule has 0 bridgehead atoms. The highest BCUT2D eigenvalue weighted by atomic mass is 35.5. The van der Waals surface area contributed by atoms with E-state index < -0.39 is 0 Å². The summed E-state index contributed by atoms with van der Waals surface area (Å²) >= 11 is 6.23. The van der Waals surface area contributed by atoms with Crippen molar-refractivity contribution in [1.82, 2.24) is 14.9 Å². The molecule has 1 saturated heterocycles. The van der Waals surface area contributed by atoms with E-state index in [2.05, 4.69) is 44.0 Å². The Bertz CT molecular complexity index is 604. The monoisotopic (exact) mass is 319 g/mol. The van der Waals surface area contributed by atoms with Gasteiger partial charge in [-0.15, -0.1) is 0 Å². The number of halogens is 1. The first-order chi connectivity index (χ1) is 10.7. The van der Waals surface area contributed by atoms with E-state index in [-0.39, 0.29) is 6.04 Å². The quantitative estimate of drug-likeness (QED) is 0.907. The summed E-state index contributed by atoms with van der Waals surface area (Å²) in [6, 6.07) is 10.6. The first kappa shape index (κ1) is 15.3. The lowest BCUT2D eigenvalue weighted by Crippen LogP contribution is -2.49. The molecule has 118 valence electrons. The van der Waals surface area contributed by atoms with Crippen molar-refractivity contribution in [3.63, 3.8) is 0 Å². The molecule has 0 spiro atoms. The molecule has 5 nitrogen and oxygen atoms in total. The predicted molar refractivity (Wildman–Crippen MR) is 90.4 cm³/mol. The van der Waals surface area contributed by atoms with Gasteiger partial charge < -0.3 is 15.6 Å². The van der Waals surface area contributed by atoms with Gasteiger partial charge in [-0.3, -0.25) is 4.90 Å². The van der Waals surface area contributed by atoms with Crippen LogP contribution in [-0.2, 0) is 0 Å². The van der Waals surface area contributed by atoms with Crippen LogP contribution >= 0.6 is 11.6 Å². The molecular formula is C16H22ClN5. The van der Waals surface area contributed by atoms with Crippen LogP contribution in [0.5, 0.6) is 0 Å². The van der Waals surface area contributed by atoms with Crippen LogP contribution < -0.4 is 10.6 Å². The number of benzene rings is 1. The van der Waals surface area contributed by atoms with Crippen molar-refractivity contribution < 1.29 is 0 Å². The number of anilines is 1. The van der Waals surface area contributed by atoms with E-state index in [1.165, 1.54) is 5.69 Å². The van der Waals surface area contributed by atoms with Crippen LogP contribution in [-0.4, -0.2) is 47.6 Å². The van der Waals surface area contributed by atoms with Crippen molar-refractivity contribution in [2.45, 2.75) is 13.0 Å². The van der Waals surface area contributed by atoms with Gasteiger partial charge in [-0.1, -0.05) is 29.8 Å². The summed E-state index contributed by atoms with van der Waals surface area (Å²) in [5.41, 5.74) is 8.22. The zero-order valence-corrected chi connectivity index (χ0v) is 13.6. The molecule has 6 heteroatoms. The second kappa shape index (κ2) is 6.69. The maximum atomic E-state index is 6.23. The number of hydrogen-bond acceptors (Lipinski definition) is 4. The Morgan fingerprint density at radius 1 is 1.23 bits per heavy atom. The molecule has 22 heavy (non-hydrogen) atoms. The Labute approximate surface area is 136 Å². The van der Waals surface area contributed by atoms with Crippen molar-refractivity contribution in [3.8, 4) is 0 Å². The van der Waals surface area contributed by atoms with E-state index in [1.807, 2.05) is 13.0 Å². The molecule has 1 atom stereocenters. The molecule has 1 fully saturated rings. The van der Waals surface area contributed by atoms with E-state index in [9.17, 15) is 0 Å². The molecule has 1 unspecified atom stereocenters. The van der Waals surface area contributed by atoms with Gasteiger partial charge in [0.25, 0.3) is 0 Å². The molecular weight excluding hydrogens is 298 g/mol. The normalized spacial score (nSPS) is 17.7. The maximum absolute atomic E-state index is 6.23. The molecule has 1 aromatic heterocycles. The standard InChI is InChI=1S/C16H22ClN5/c1-12-19-15(16(17)20-12)14(11-18)22-9-7-21(8-10-22)13-5-3-2-4-6-13/h2-6,14H,7-11,18H2,1H3,(H,19,20). The van der Waals surface area contributed by atoms with Crippen LogP contribution in [0.2, 0.25) is 5.15 Å². The van der Waals surface area contributed by atoms with E-state index in [0.717, 1.165) is 37.7 Å². The number of nitrogens with one attached hydrogen (secondary N) is 1. The Balaban J connectivity index is 1.68. The summed E-state index contributed by atoms with van der Waals surface area (Å²) in [6.45, 7) is 6.36. The molecule has 3 rings (SSSR count). The highest BCUT2D eigenvalue weighted by Gasteiger charge is 2.27. The van der Waals surface area contributed by atoms with Gasteiger partial charge >= 0.3 is 0 Å². The molecule has 1 aliphatic heterocycles. The first-order valence-electron chi connectivity index (χ1n) is 7.65. The Morgan fingerprint density at radius 3 is 2.45 bits per heavy atom. The van der Waals surface area contributed by atoms with Crippen molar-refractivity contribution >= 4 is 17.3 Å². The molecule has 0 saturated carbocycles. The van der Waals surface area contributed by atoms with E-state index in [0.29, 0.717) is 11.7 Å². The van der Waals surface area contributed by atoms with Crippen molar-refractivity contribution in [2.75, 3.05) is 37.6 Å². The number of H-pyrrole nitrogens is 1. The lowest BCUT2D eigenvalue weighted by atomic mass is 10.1. The topological polar surface area (TPSA) is 61.2 Å². The fraction of sp³-hybridized carbons (Fsp3) is 0.438. The Kier molecular flexibility index (Phi) is 4.66. The maximum Gasteiger partial charge on any atom is 0.152 e. The van der Waals surface area contributed by atoms with Gasteiger partial charge in [0.1, 0.15) is 5.82 Å². The van der Waals surface area contributed by atoms with Gasteiger partial charge in [0.15, 0.2) is 5.15 Å². The number of imidazole rings is 1. The molecule has 0 radical (unpaired) electrons. The molecule has 1 aromatic carbocycles. The summed E-state index contributed by atoms with van der Waals surface area (Å²) in [6.07, 6.45) is 0. The molecule has 1 aliphatic rings. The van der Waals surface area contributed by atoms with Crippen LogP contribution in [0.1, 0.15) is 17.6 Å². The van der Waals surface area contributed by atoms with Crippen LogP contribution in [0.25, 0.3) is 0 Å². The number of piperazine rings is 1. The lowest BCUT2D eigenvalue weighted by Gasteiger charge is -2.39. The van der Waals surface area contributed by atoms with Crippen LogP contribution in [0.4, 0.5) is 5.69 Å². The van der Waals surface area contributed by atoms with E-state index >= 15 is 0 Å². The second-order valence-corrected chi connectivity index (χ2v) is 5.99. The fourth-order valence-electron chi connectivity index (χ4n) is 3.08. The summed E-state index contributed by atoms with van der Waals surface area (Å²) in [5.74, 6) is 0.835. The zero-order valence-electron chi connectivity index (χ0n) is 12.8. The predicted octanol–water partition coefficient (Wildman–Crippen LogP) is 2.19. The van der Waals surface area contributed by atoms with Gasteiger partial charge in [-0.25, -0.2) is 4.98 Å². The number of aryl methyl sites for hydroxylation is 1. The summed E-state index contributed by atoms with van der Waals surface area (Å²) < 4.78 is 0. The van der Waals surface area contributed by atoms with Crippen molar-refractivity contribution in [1.29, 1.82) is 0 Å². The highest BCUT2D eigenvalue weighted by Crippen LogP contribution is 2.27. The summed E-state index contributed by atoms with van der Waals surface area (Å²) in [7, 11) is 0. The Hall–Kier alpha value is -1.56. The smallest absolute Gasteiger partial charge is 0.152 e. The number of para-hydroxylation sites is 1. The summed E-state index contributed by atoms with van der Waals surface area (Å²) in [5, 5.41) is 0.540.